The number of carboxylic acid groups (broad SMARTS) is 1. The van der Waals surface area contributed by atoms with Crippen molar-refractivity contribution in [3.05, 3.63) is 30.3 Å². The summed E-state index contributed by atoms with van der Waals surface area (Å²) in [5.41, 5.74) is 1.12. The van der Waals surface area contributed by atoms with Gasteiger partial charge in [-0.2, -0.15) is 0 Å². The van der Waals surface area contributed by atoms with E-state index in [1.807, 2.05) is 30.3 Å². The molecule has 3 nitrogen and oxygen atoms in total. The molecule has 0 amide bonds. The molecule has 1 aromatic carbocycles. The molecule has 0 aliphatic carbocycles. The van der Waals surface area contributed by atoms with E-state index in [1.165, 1.54) is 19.3 Å². The van der Waals surface area contributed by atoms with Crippen LogP contribution < -0.4 is 4.90 Å². The van der Waals surface area contributed by atoms with E-state index < -0.39 is 5.97 Å². The molecular weight excluding hydrogens is 238 g/mol. The molecule has 0 heterocycles. The smallest absolute Gasteiger partial charge is 0.308 e. The third kappa shape index (κ3) is 5.77. The fourth-order valence-electron chi connectivity index (χ4n) is 2.10. The highest BCUT2D eigenvalue weighted by molar-refractivity contribution is 5.70. The first kappa shape index (κ1) is 15.5. The summed E-state index contributed by atoms with van der Waals surface area (Å²) >= 11 is 0. The van der Waals surface area contributed by atoms with Crippen LogP contribution in [0.25, 0.3) is 0 Å². The van der Waals surface area contributed by atoms with Crippen LogP contribution in [-0.4, -0.2) is 24.2 Å². The molecule has 106 valence electrons. The van der Waals surface area contributed by atoms with Crippen molar-refractivity contribution >= 4 is 11.7 Å². The lowest BCUT2D eigenvalue weighted by Gasteiger charge is -2.26. The van der Waals surface area contributed by atoms with Gasteiger partial charge in [0.15, 0.2) is 0 Å². The molecule has 0 aliphatic heterocycles. The molecule has 1 atom stereocenters. The number of unbranched alkanes of at least 4 members (excludes halogenated alkanes) is 3. The lowest BCUT2D eigenvalue weighted by molar-refractivity contribution is -0.140. The normalized spacial score (nSPS) is 12.1. The average Bonchev–Trinajstić information content (AvgIpc) is 2.42. The second-order valence-electron chi connectivity index (χ2n) is 5.08. The van der Waals surface area contributed by atoms with E-state index in [4.69, 9.17) is 5.11 Å². The zero-order valence-corrected chi connectivity index (χ0v) is 12.0. The minimum absolute atomic E-state index is 0.341. The number of anilines is 1. The highest BCUT2D eigenvalue weighted by atomic mass is 16.4. The SMILES string of the molecule is CCCCCCN(CC(C)C(=O)O)c1ccccc1. The molecule has 0 bridgehead atoms. The summed E-state index contributed by atoms with van der Waals surface area (Å²) in [6.07, 6.45) is 4.80. The van der Waals surface area contributed by atoms with Gasteiger partial charge in [0, 0.05) is 18.8 Å². The Kier molecular flexibility index (Phi) is 7.01. The minimum Gasteiger partial charge on any atom is -0.481 e. The number of nitrogens with zero attached hydrogens (tertiary/aromatic N) is 1. The summed E-state index contributed by atoms with van der Waals surface area (Å²) in [6, 6.07) is 10.1. The lowest BCUT2D eigenvalue weighted by atomic mass is 10.1. The van der Waals surface area contributed by atoms with E-state index in [1.54, 1.807) is 6.92 Å². The number of hydrogen-bond donors (Lipinski definition) is 1. The van der Waals surface area contributed by atoms with Crippen LogP contribution in [0.5, 0.6) is 0 Å². The summed E-state index contributed by atoms with van der Waals surface area (Å²) < 4.78 is 0. The Hall–Kier alpha value is -1.51. The number of para-hydroxylation sites is 1. The first-order valence-corrected chi connectivity index (χ1v) is 7.18. The third-order valence-electron chi connectivity index (χ3n) is 3.32. The van der Waals surface area contributed by atoms with Crippen LogP contribution >= 0.6 is 0 Å². The molecule has 0 radical (unpaired) electrons. The highest BCUT2D eigenvalue weighted by Crippen LogP contribution is 2.16. The first-order valence-electron chi connectivity index (χ1n) is 7.18. The Balaban J connectivity index is 2.60. The molecule has 1 rings (SSSR count). The van der Waals surface area contributed by atoms with Crippen LogP contribution in [0.1, 0.15) is 39.5 Å². The quantitative estimate of drug-likeness (QED) is 0.689. The standard InChI is InChI=1S/C16H25NO2/c1-3-4-5-9-12-17(13-14(2)16(18)19)15-10-7-6-8-11-15/h6-8,10-11,14H,3-5,9,12-13H2,1-2H3,(H,18,19). The maximum Gasteiger partial charge on any atom is 0.308 e. The predicted octanol–water partition coefficient (Wildman–Crippen LogP) is 3.79. The highest BCUT2D eigenvalue weighted by Gasteiger charge is 2.16. The van der Waals surface area contributed by atoms with Crippen LogP contribution in [0.4, 0.5) is 5.69 Å². The Morgan fingerprint density at radius 2 is 1.89 bits per heavy atom. The molecule has 0 saturated carbocycles. The molecule has 0 saturated heterocycles. The molecule has 0 aromatic heterocycles. The lowest BCUT2D eigenvalue weighted by Crippen LogP contribution is -2.32. The summed E-state index contributed by atoms with van der Waals surface area (Å²) in [4.78, 5) is 13.2. The molecule has 0 spiro atoms. The number of carboxylic acids is 1. The van der Waals surface area contributed by atoms with E-state index in [2.05, 4.69) is 11.8 Å². The minimum atomic E-state index is -0.727. The van der Waals surface area contributed by atoms with Gasteiger partial charge in [0.25, 0.3) is 0 Å². The van der Waals surface area contributed by atoms with Gasteiger partial charge < -0.3 is 10.0 Å². The molecule has 1 aromatic rings. The van der Waals surface area contributed by atoms with Crippen LogP contribution in [0.15, 0.2) is 30.3 Å². The van der Waals surface area contributed by atoms with Gasteiger partial charge in [-0.3, -0.25) is 4.79 Å². The second kappa shape index (κ2) is 8.57. The topological polar surface area (TPSA) is 40.5 Å². The average molecular weight is 263 g/mol. The summed E-state index contributed by atoms with van der Waals surface area (Å²) in [6.45, 7) is 5.47. The second-order valence-corrected chi connectivity index (χ2v) is 5.08. The van der Waals surface area contributed by atoms with E-state index in [9.17, 15) is 4.79 Å². The Morgan fingerprint density at radius 3 is 2.47 bits per heavy atom. The molecule has 0 aliphatic rings. The fraction of sp³-hybridized carbons (Fsp3) is 0.562. The van der Waals surface area contributed by atoms with Gasteiger partial charge in [0.2, 0.25) is 0 Å². The maximum atomic E-state index is 11.0. The zero-order chi connectivity index (χ0) is 14.1. The summed E-state index contributed by atoms with van der Waals surface area (Å²) in [7, 11) is 0. The number of benzene rings is 1. The molecule has 1 N–H and O–H groups in total. The van der Waals surface area contributed by atoms with Gasteiger partial charge in [0.1, 0.15) is 0 Å². The van der Waals surface area contributed by atoms with Crippen molar-refractivity contribution in [3.8, 4) is 0 Å². The van der Waals surface area contributed by atoms with E-state index in [-0.39, 0.29) is 5.92 Å². The number of hydrogen-bond acceptors (Lipinski definition) is 2. The van der Waals surface area contributed by atoms with Gasteiger partial charge >= 0.3 is 5.97 Å². The Morgan fingerprint density at radius 1 is 1.21 bits per heavy atom. The number of rotatable bonds is 9. The van der Waals surface area contributed by atoms with Crippen molar-refractivity contribution < 1.29 is 9.90 Å². The zero-order valence-electron chi connectivity index (χ0n) is 12.0. The van der Waals surface area contributed by atoms with Crippen molar-refractivity contribution in [2.45, 2.75) is 39.5 Å². The van der Waals surface area contributed by atoms with E-state index in [0.29, 0.717) is 6.54 Å². The van der Waals surface area contributed by atoms with Gasteiger partial charge in [-0.1, -0.05) is 51.3 Å². The van der Waals surface area contributed by atoms with Crippen molar-refractivity contribution in [1.29, 1.82) is 0 Å². The molecule has 1 unspecified atom stereocenters. The van der Waals surface area contributed by atoms with Crippen molar-refractivity contribution in [1.82, 2.24) is 0 Å². The molecular formula is C16H25NO2. The maximum absolute atomic E-state index is 11.0. The van der Waals surface area contributed by atoms with Crippen molar-refractivity contribution in [2.75, 3.05) is 18.0 Å². The van der Waals surface area contributed by atoms with Gasteiger partial charge in [-0.15, -0.1) is 0 Å². The third-order valence-corrected chi connectivity index (χ3v) is 3.32. The Labute approximate surface area is 116 Å². The van der Waals surface area contributed by atoms with Crippen molar-refractivity contribution in [3.63, 3.8) is 0 Å². The summed E-state index contributed by atoms with van der Waals surface area (Å²) in [5, 5.41) is 9.06. The first-order chi connectivity index (χ1) is 9.15. The van der Waals surface area contributed by atoms with Gasteiger partial charge in [0.05, 0.1) is 5.92 Å². The van der Waals surface area contributed by atoms with Crippen LogP contribution in [0.3, 0.4) is 0 Å². The molecule has 3 heteroatoms. The van der Waals surface area contributed by atoms with Crippen LogP contribution in [0.2, 0.25) is 0 Å². The van der Waals surface area contributed by atoms with Gasteiger partial charge in [-0.05, 0) is 18.6 Å². The van der Waals surface area contributed by atoms with Gasteiger partial charge in [-0.25, -0.2) is 0 Å². The number of aliphatic carboxylic acids is 1. The monoisotopic (exact) mass is 263 g/mol. The summed E-state index contributed by atoms with van der Waals surface area (Å²) in [5.74, 6) is -1.07. The number of carbonyl (C=O) groups is 1. The largest absolute Gasteiger partial charge is 0.481 e. The molecule has 0 fully saturated rings. The van der Waals surface area contributed by atoms with E-state index >= 15 is 0 Å². The van der Waals surface area contributed by atoms with Crippen LogP contribution in [-0.2, 0) is 4.79 Å². The molecule has 19 heavy (non-hydrogen) atoms. The van der Waals surface area contributed by atoms with Crippen molar-refractivity contribution in [2.24, 2.45) is 5.92 Å². The van der Waals surface area contributed by atoms with Crippen LogP contribution in [0, 0.1) is 5.92 Å². The fourth-order valence-corrected chi connectivity index (χ4v) is 2.10. The Bertz CT molecular complexity index is 364. The predicted molar refractivity (Wildman–Crippen MR) is 79.6 cm³/mol. The van der Waals surface area contributed by atoms with E-state index in [0.717, 1.165) is 18.7 Å².